The molecule has 0 spiro atoms. The second-order valence-electron chi connectivity index (χ2n) is 1.23. The van der Waals surface area contributed by atoms with Crippen molar-refractivity contribution in [3.05, 3.63) is 0 Å². The minimum Gasteiger partial charge on any atom is -0.211 e. The van der Waals surface area contributed by atoms with Crippen LogP contribution in [-0.4, -0.2) is 23.5 Å². The van der Waals surface area contributed by atoms with Gasteiger partial charge in [-0.1, -0.05) is 17.7 Å². The van der Waals surface area contributed by atoms with E-state index in [0.717, 1.165) is 5.75 Å². The molecule has 6 heteroatoms. The fraction of sp³-hybridized carbons (Fsp3) is 0.667. The predicted octanol–water partition coefficient (Wildman–Crippen LogP) is 2.75. The van der Waals surface area contributed by atoms with Gasteiger partial charge in [-0.3, -0.25) is 0 Å². The molecule has 0 aliphatic carbocycles. The molecule has 0 atom stereocenters. The van der Waals surface area contributed by atoms with Gasteiger partial charge in [0.25, 0.3) is 0 Å². The van der Waals surface area contributed by atoms with Crippen LogP contribution in [0.25, 0.3) is 0 Å². The molecule has 0 radical (unpaired) electrons. The highest BCUT2D eigenvalue weighted by Crippen LogP contribution is 2.19. The Balaban J connectivity index is 0. The largest absolute Gasteiger partial charge is 0.234 e. The summed E-state index contributed by atoms with van der Waals surface area (Å²) in [7, 11) is 3.03. The van der Waals surface area contributed by atoms with E-state index < -0.39 is 0 Å². The molecule has 0 aliphatic rings. The minimum atomic E-state index is 0.545. The number of nitrogens with zero attached hydrogens (tertiary/aromatic N) is 2. The molecular formula is C6H10N2OS3. The van der Waals surface area contributed by atoms with Crippen molar-refractivity contribution < 1.29 is 4.79 Å². The molecule has 0 aromatic rings. The van der Waals surface area contributed by atoms with Crippen LogP contribution in [0.15, 0.2) is 9.39 Å². The lowest BCUT2D eigenvalue weighted by Crippen LogP contribution is -1.58. The summed E-state index contributed by atoms with van der Waals surface area (Å²) in [5, 5.41) is 2.25. The van der Waals surface area contributed by atoms with Crippen molar-refractivity contribution in [2.75, 3.05) is 12.3 Å². The molecule has 0 heterocycles. The molecule has 0 N–H and O–H groups in total. The number of hydrogen-bond acceptors (Lipinski definition) is 6. The van der Waals surface area contributed by atoms with Gasteiger partial charge >= 0.3 is 0 Å². The quantitative estimate of drug-likeness (QED) is 0.183. The summed E-state index contributed by atoms with van der Waals surface area (Å²) in [6, 6.07) is 0. The van der Waals surface area contributed by atoms with Gasteiger partial charge in [-0.05, 0) is 19.1 Å². The average Bonchev–Trinajstić information content (AvgIpc) is 2.08. The zero-order chi connectivity index (χ0) is 9.66. The summed E-state index contributed by atoms with van der Waals surface area (Å²) < 4.78 is 3.61. The van der Waals surface area contributed by atoms with E-state index in [0.29, 0.717) is 6.54 Å². The highest BCUT2D eigenvalue weighted by Gasteiger charge is 1.75. The first kappa shape index (κ1) is 14.4. The normalized spacial score (nSPS) is 6.83. The lowest BCUT2D eigenvalue weighted by molar-refractivity contribution is 0.563. The molecule has 0 aliphatic heterocycles. The van der Waals surface area contributed by atoms with E-state index in [2.05, 4.69) is 33.7 Å². The van der Waals surface area contributed by atoms with Gasteiger partial charge in [-0.15, -0.1) is 4.40 Å². The Bertz CT molecular complexity index is 174. The van der Waals surface area contributed by atoms with Gasteiger partial charge in [0.05, 0.1) is 16.1 Å². The Labute approximate surface area is 85.7 Å². The summed E-state index contributed by atoms with van der Waals surface area (Å²) in [5.74, 6) is 1.06. The van der Waals surface area contributed by atoms with Crippen LogP contribution in [0.1, 0.15) is 13.8 Å². The van der Waals surface area contributed by atoms with Gasteiger partial charge in [0.1, 0.15) is 0 Å². The number of thiocarbonyl (C=S) groups is 1. The molecule has 0 rings (SSSR count). The van der Waals surface area contributed by atoms with Gasteiger partial charge < -0.3 is 0 Å². The van der Waals surface area contributed by atoms with Crippen molar-refractivity contribution in [1.82, 2.24) is 0 Å². The van der Waals surface area contributed by atoms with E-state index in [9.17, 15) is 0 Å². The maximum atomic E-state index is 9.11. The first-order chi connectivity index (χ1) is 5.83. The topological polar surface area (TPSA) is 41.8 Å². The Hall–Kier alpha value is -0.120. The van der Waals surface area contributed by atoms with Gasteiger partial charge in [-0.25, -0.2) is 9.79 Å². The molecule has 0 unspecified atom stereocenters. The summed E-state index contributed by atoms with van der Waals surface area (Å²) in [5.41, 5.74) is 0. The van der Waals surface area contributed by atoms with Crippen LogP contribution in [0.4, 0.5) is 0 Å². The molecule has 0 saturated heterocycles. The highest BCUT2D eigenvalue weighted by molar-refractivity contribution is 8.76. The molecule has 0 aromatic carbocycles. The van der Waals surface area contributed by atoms with Crippen LogP contribution in [0.2, 0.25) is 0 Å². The zero-order valence-electron chi connectivity index (χ0n) is 6.94. The lowest BCUT2D eigenvalue weighted by atomic mass is 10.8. The third-order valence-corrected chi connectivity index (χ3v) is 2.43. The van der Waals surface area contributed by atoms with Crippen molar-refractivity contribution in [2.45, 2.75) is 13.8 Å². The average molecular weight is 222 g/mol. The Morgan fingerprint density at radius 3 is 2.42 bits per heavy atom. The molecule has 0 fully saturated rings. The van der Waals surface area contributed by atoms with Crippen LogP contribution in [0.5, 0.6) is 0 Å². The first-order valence-corrected chi connectivity index (χ1v) is 5.91. The SMILES string of the molecule is CCN=C=O.CCSSN=C=S. The summed E-state index contributed by atoms with van der Waals surface area (Å²) in [4.78, 5) is 12.3. The van der Waals surface area contributed by atoms with E-state index >= 15 is 0 Å². The van der Waals surface area contributed by atoms with Crippen molar-refractivity contribution in [2.24, 2.45) is 9.39 Å². The molecule has 0 bridgehead atoms. The van der Waals surface area contributed by atoms with E-state index in [1.165, 1.54) is 17.1 Å². The molecule has 0 aromatic heterocycles. The first-order valence-electron chi connectivity index (χ1n) is 3.22. The van der Waals surface area contributed by atoms with Crippen LogP contribution < -0.4 is 0 Å². The van der Waals surface area contributed by atoms with Crippen molar-refractivity contribution in [3.63, 3.8) is 0 Å². The van der Waals surface area contributed by atoms with Crippen molar-refractivity contribution in [1.29, 1.82) is 0 Å². The fourth-order valence-electron chi connectivity index (χ4n) is 0.159. The van der Waals surface area contributed by atoms with E-state index in [1.54, 1.807) is 17.7 Å². The van der Waals surface area contributed by atoms with Crippen LogP contribution in [0.3, 0.4) is 0 Å². The minimum absolute atomic E-state index is 0.545. The molecule has 3 nitrogen and oxygen atoms in total. The highest BCUT2D eigenvalue weighted by atomic mass is 33.1. The van der Waals surface area contributed by atoms with Gasteiger partial charge in [0, 0.05) is 12.3 Å². The van der Waals surface area contributed by atoms with E-state index in [4.69, 9.17) is 4.79 Å². The molecule has 12 heavy (non-hydrogen) atoms. The van der Waals surface area contributed by atoms with Gasteiger partial charge in [0.2, 0.25) is 6.08 Å². The van der Waals surface area contributed by atoms with E-state index in [-0.39, 0.29) is 0 Å². The lowest BCUT2D eigenvalue weighted by Gasteiger charge is -1.79. The summed E-state index contributed by atoms with van der Waals surface area (Å²) in [6.45, 7) is 4.39. The Morgan fingerprint density at radius 2 is 2.17 bits per heavy atom. The maximum Gasteiger partial charge on any atom is 0.234 e. The predicted molar refractivity (Wildman–Crippen MR) is 59.4 cm³/mol. The standard InChI is InChI=1S/C3H5NO.C3H5NS3/c1-2-4-3-5;1-2-6-7-4-3-5/h2H2,1H3;2H2,1H3. The number of carbonyl (C=O) groups excluding carboxylic acids is 1. The Morgan fingerprint density at radius 1 is 1.50 bits per heavy atom. The second kappa shape index (κ2) is 17.1. The smallest absolute Gasteiger partial charge is 0.211 e. The monoisotopic (exact) mass is 222 g/mol. The number of hydrogen-bond donors (Lipinski definition) is 0. The third-order valence-electron chi connectivity index (χ3n) is 0.468. The number of isothiocyanates is 1. The number of isocyanates is 1. The molecule has 0 saturated carbocycles. The Kier molecular flexibility index (Phi) is 20.5. The van der Waals surface area contributed by atoms with Crippen molar-refractivity contribution in [3.8, 4) is 0 Å². The van der Waals surface area contributed by atoms with Crippen LogP contribution in [-0.2, 0) is 4.79 Å². The second-order valence-corrected chi connectivity index (χ2v) is 3.71. The van der Waals surface area contributed by atoms with Crippen LogP contribution >= 0.6 is 34.0 Å². The molecule has 0 amide bonds. The van der Waals surface area contributed by atoms with Gasteiger partial charge in [0.15, 0.2) is 0 Å². The summed E-state index contributed by atoms with van der Waals surface area (Å²) in [6.07, 6.45) is 1.39. The van der Waals surface area contributed by atoms with E-state index in [1.807, 2.05) is 0 Å². The molecule has 68 valence electrons. The molecular weight excluding hydrogens is 212 g/mol. The fourth-order valence-corrected chi connectivity index (χ4v) is 1.19. The number of rotatable bonds is 4. The number of aliphatic imine (C=N–C) groups is 1. The van der Waals surface area contributed by atoms with Gasteiger partial charge in [-0.2, -0.15) is 0 Å². The third kappa shape index (κ3) is 22.5. The summed E-state index contributed by atoms with van der Waals surface area (Å²) >= 11 is 4.31. The maximum absolute atomic E-state index is 9.11. The van der Waals surface area contributed by atoms with Crippen LogP contribution in [0, 0.1) is 0 Å². The zero-order valence-corrected chi connectivity index (χ0v) is 9.39. The van der Waals surface area contributed by atoms with Crippen molar-refractivity contribution >= 4 is 45.2 Å².